The summed E-state index contributed by atoms with van der Waals surface area (Å²) < 4.78 is 27.6. The Morgan fingerprint density at radius 3 is 1.44 bits per heavy atom. The van der Waals surface area contributed by atoms with Gasteiger partial charge in [-0.25, -0.2) is 4.39 Å². The molecule has 0 N–H and O–H groups in total. The van der Waals surface area contributed by atoms with Crippen LogP contribution in [0.2, 0.25) is 0 Å². The van der Waals surface area contributed by atoms with Crippen LogP contribution in [0.3, 0.4) is 0 Å². The molecule has 0 aliphatic heterocycles. The third kappa shape index (κ3) is 5.07. The Kier molecular flexibility index (Phi) is 8.03. The number of unbranched alkanes of at least 4 members (excludes halogenated alkanes) is 4. The monoisotopic (exact) mass is 382 g/mol. The minimum Gasteiger partial charge on any atom is -0.378 e. The fraction of sp³-hybridized carbons (Fsp3) is 1.00. The molecule has 3 heteroatoms. The van der Waals surface area contributed by atoms with Crippen molar-refractivity contribution in [1.82, 2.24) is 0 Å². The molecule has 0 atom stereocenters. The van der Waals surface area contributed by atoms with Gasteiger partial charge in [-0.2, -0.15) is 0 Å². The molecule has 0 aromatic rings. The van der Waals surface area contributed by atoms with Crippen LogP contribution in [0.1, 0.15) is 110 Å². The van der Waals surface area contributed by atoms with Crippen LogP contribution in [-0.2, 0) is 9.47 Å². The molecule has 0 radical (unpaired) electrons. The average Bonchev–Trinajstić information content (AvgIpc) is 2.71. The SMILES string of the molecule is CCCCCOC1CCC2(CC1)CC1(CCC(OCCCCC)CC1)C2F. The van der Waals surface area contributed by atoms with Gasteiger partial charge < -0.3 is 9.47 Å². The maximum Gasteiger partial charge on any atom is 0.111 e. The molecule has 3 rings (SSSR count). The highest BCUT2D eigenvalue weighted by molar-refractivity contribution is 5.13. The molecule has 2 spiro atoms. The number of hydrogen-bond acceptors (Lipinski definition) is 2. The summed E-state index contributed by atoms with van der Waals surface area (Å²) in [4.78, 5) is 0. The molecular weight excluding hydrogens is 339 g/mol. The zero-order valence-corrected chi connectivity index (χ0v) is 17.9. The molecule has 27 heavy (non-hydrogen) atoms. The van der Waals surface area contributed by atoms with Gasteiger partial charge in [-0.3, -0.25) is 0 Å². The molecule has 0 aromatic heterocycles. The summed E-state index contributed by atoms with van der Waals surface area (Å²) >= 11 is 0. The molecule has 3 saturated carbocycles. The highest BCUT2D eigenvalue weighted by Crippen LogP contribution is 2.67. The Labute approximate surface area is 167 Å². The smallest absolute Gasteiger partial charge is 0.111 e. The fourth-order valence-corrected chi connectivity index (χ4v) is 6.13. The van der Waals surface area contributed by atoms with Crippen molar-refractivity contribution in [1.29, 1.82) is 0 Å². The third-order valence-corrected chi connectivity index (χ3v) is 7.84. The van der Waals surface area contributed by atoms with E-state index in [-0.39, 0.29) is 10.8 Å². The van der Waals surface area contributed by atoms with E-state index in [4.69, 9.17) is 9.47 Å². The van der Waals surface area contributed by atoms with Crippen LogP contribution in [0.5, 0.6) is 0 Å². The summed E-state index contributed by atoms with van der Waals surface area (Å²) in [7, 11) is 0. The van der Waals surface area contributed by atoms with E-state index in [0.29, 0.717) is 12.2 Å². The maximum absolute atomic E-state index is 15.5. The van der Waals surface area contributed by atoms with Gasteiger partial charge in [0.1, 0.15) is 6.17 Å². The predicted octanol–water partition coefficient (Wildman–Crippen LogP) is 7.00. The van der Waals surface area contributed by atoms with E-state index in [2.05, 4.69) is 13.8 Å². The molecule has 0 unspecified atom stereocenters. The first-order valence-electron chi connectivity index (χ1n) is 12.0. The zero-order valence-electron chi connectivity index (χ0n) is 17.9. The van der Waals surface area contributed by atoms with E-state index in [9.17, 15) is 0 Å². The molecular formula is C24H43FO2. The van der Waals surface area contributed by atoms with Crippen molar-refractivity contribution < 1.29 is 13.9 Å². The minimum atomic E-state index is -0.577. The van der Waals surface area contributed by atoms with Gasteiger partial charge in [0.15, 0.2) is 0 Å². The molecule has 0 saturated heterocycles. The summed E-state index contributed by atoms with van der Waals surface area (Å²) in [5, 5.41) is 0. The normalized spacial score (nSPS) is 39.0. The second-order valence-electron chi connectivity index (χ2n) is 9.82. The lowest BCUT2D eigenvalue weighted by Crippen LogP contribution is -2.61. The van der Waals surface area contributed by atoms with Crippen molar-refractivity contribution >= 4 is 0 Å². The van der Waals surface area contributed by atoms with E-state index < -0.39 is 6.17 Å². The van der Waals surface area contributed by atoms with Crippen LogP contribution >= 0.6 is 0 Å². The van der Waals surface area contributed by atoms with Gasteiger partial charge in [-0.1, -0.05) is 39.5 Å². The predicted molar refractivity (Wildman–Crippen MR) is 110 cm³/mol. The van der Waals surface area contributed by atoms with Gasteiger partial charge in [0.25, 0.3) is 0 Å². The first-order chi connectivity index (χ1) is 13.1. The lowest BCUT2D eigenvalue weighted by atomic mass is 9.43. The Bertz CT molecular complexity index is 384. The van der Waals surface area contributed by atoms with E-state index in [1.807, 2.05) is 0 Å². The molecule has 0 amide bonds. The van der Waals surface area contributed by atoms with Crippen LogP contribution in [-0.4, -0.2) is 31.6 Å². The van der Waals surface area contributed by atoms with Crippen LogP contribution in [0.4, 0.5) is 4.39 Å². The molecule has 0 heterocycles. The van der Waals surface area contributed by atoms with Crippen molar-refractivity contribution in [2.24, 2.45) is 10.8 Å². The number of halogens is 1. The van der Waals surface area contributed by atoms with E-state index in [0.717, 1.165) is 71.0 Å². The average molecular weight is 383 g/mol. The highest BCUT2D eigenvalue weighted by atomic mass is 19.1. The molecule has 3 aliphatic rings. The standard InChI is InChI=1S/C24H43FO2/c1-3-5-7-17-26-20-9-13-23(14-10-20)19-24(22(23)25)15-11-21(12-16-24)27-18-8-6-4-2/h20-22H,3-19H2,1-2H3. The Morgan fingerprint density at radius 2 is 1.11 bits per heavy atom. The summed E-state index contributed by atoms with van der Waals surface area (Å²) in [6.07, 6.45) is 17.2. The quantitative estimate of drug-likeness (QED) is 0.379. The Hall–Kier alpha value is -0.150. The first kappa shape index (κ1) is 21.6. The van der Waals surface area contributed by atoms with Crippen LogP contribution in [0.25, 0.3) is 0 Å². The molecule has 158 valence electrons. The molecule has 3 aliphatic carbocycles. The minimum absolute atomic E-state index is 0.00189. The number of alkyl halides is 1. The van der Waals surface area contributed by atoms with Crippen molar-refractivity contribution in [2.45, 2.75) is 129 Å². The Morgan fingerprint density at radius 1 is 0.704 bits per heavy atom. The topological polar surface area (TPSA) is 18.5 Å². The van der Waals surface area contributed by atoms with Crippen molar-refractivity contribution in [3.8, 4) is 0 Å². The van der Waals surface area contributed by atoms with Gasteiger partial charge in [-0.05, 0) is 70.6 Å². The molecule has 2 nitrogen and oxygen atoms in total. The van der Waals surface area contributed by atoms with Gasteiger partial charge in [0.2, 0.25) is 0 Å². The van der Waals surface area contributed by atoms with E-state index in [1.165, 1.54) is 38.5 Å². The molecule has 3 fully saturated rings. The zero-order chi connectivity index (χ0) is 19.2. The lowest BCUT2D eigenvalue weighted by molar-refractivity contribution is -0.196. The summed E-state index contributed by atoms with van der Waals surface area (Å²) in [5.41, 5.74) is -0.00377. The number of hydrogen-bond donors (Lipinski definition) is 0. The van der Waals surface area contributed by atoms with Gasteiger partial charge >= 0.3 is 0 Å². The van der Waals surface area contributed by atoms with Crippen molar-refractivity contribution in [2.75, 3.05) is 13.2 Å². The second-order valence-corrected chi connectivity index (χ2v) is 9.82. The molecule has 0 aromatic carbocycles. The maximum atomic E-state index is 15.5. The highest BCUT2D eigenvalue weighted by Gasteiger charge is 2.64. The van der Waals surface area contributed by atoms with Crippen molar-refractivity contribution in [3.63, 3.8) is 0 Å². The van der Waals surface area contributed by atoms with Crippen LogP contribution in [0.15, 0.2) is 0 Å². The summed E-state index contributed by atoms with van der Waals surface area (Å²) in [5.74, 6) is 0. The largest absolute Gasteiger partial charge is 0.378 e. The van der Waals surface area contributed by atoms with Crippen LogP contribution < -0.4 is 0 Å². The van der Waals surface area contributed by atoms with E-state index in [1.54, 1.807) is 0 Å². The first-order valence-corrected chi connectivity index (χ1v) is 12.0. The van der Waals surface area contributed by atoms with Gasteiger partial charge in [0.05, 0.1) is 12.2 Å². The van der Waals surface area contributed by atoms with Gasteiger partial charge in [-0.15, -0.1) is 0 Å². The Balaban J connectivity index is 1.36. The number of rotatable bonds is 10. The third-order valence-electron chi connectivity index (χ3n) is 7.84. The number of ether oxygens (including phenoxy) is 2. The summed E-state index contributed by atoms with van der Waals surface area (Å²) in [6.45, 7) is 6.25. The van der Waals surface area contributed by atoms with E-state index >= 15 is 4.39 Å². The second kappa shape index (κ2) is 10.1. The van der Waals surface area contributed by atoms with Crippen molar-refractivity contribution in [3.05, 3.63) is 0 Å². The summed E-state index contributed by atoms with van der Waals surface area (Å²) in [6, 6.07) is 0. The fourth-order valence-electron chi connectivity index (χ4n) is 6.13. The molecule has 0 bridgehead atoms. The lowest BCUT2D eigenvalue weighted by Gasteiger charge is -2.63. The van der Waals surface area contributed by atoms with Gasteiger partial charge in [0, 0.05) is 24.0 Å². The van der Waals surface area contributed by atoms with Crippen LogP contribution in [0, 0.1) is 10.8 Å².